The zero-order valence-electron chi connectivity index (χ0n) is 24.7. The van der Waals surface area contributed by atoms with Gasteiger partial charge in [0, 0.05) is 42.3 Å². The molecule has 6 radical (unpaired) electrons. The molecule has 1 aliphatic carbocycles. The number of carbonyl (C=O) groups excluding carboxylic acids is 3. The van der Waals surface area contributed by atoms with Crippen molar-refractivity contribution in [1.29, 1.82) is 0 Å². The summed E-state index contributed by atoms with van der Waals surface area (Å²) in [6.45, 7) is 6.96. The maximum absolute atomic E-state index is 12.9. The number of carbonyl (C=O) groups is 3. The molecule has 0 saturated heterocycles. The highest BCUT2D eigenvalue weighted by molar-refractivity contribution is 6.60. The molecule has 3 amide bonds. The van der Waals surface area contributed by atoms with Gasteiger partial charge in [0.05, 0.1) is 54.8 Å². The van der Waals surface area contributed by atoms with Crippen LogP contribution in [-0.2, 0) is 16.1 Å². The Hall–Kier alpha value is -4.29. The summed E-state index contributed by atoms with van der Waals surface area (Å²) >= 11 is 0. The van der Waals surface area contributed by atoms with Crippen LogP contribution >= 0.6 is 0 Å². The molecule has 4 rings (SSSR count). The van der Waals surface area contributed by atoms with E-state index in [0.717, 1.165) is 24.0 Å². The first-order chi connectivity index (χ1) is 20.2. The average Bonchev–Trinajstić information content (AvgIpc) is 3.65. The van der Waals surface area contributed by atoms with Gasteiger partial charge in [0.15, 0.2) is 11.5 Å². The second kappa shape index (κ2) is 12.9. The third-order valence-corrected chi connectivity index (χ3v) is 6.33. The van der Waals surface area contributed by atoms with Crippen LogP contribution in [-0.4, -0.2) is 80.1 Å². The van der Waals surface area contributed by atoms with E-state index in [1.165, 1.54) is 13.2 Å². The first-order valence-electron chi connectivity index (χ1n) is 13.8. The van der Waals surface area contributed by atoms with Crippen LogP contribution in [0, 0.1) is 11.3 Å². The Morgan fingerprint density at radius 3 is 2.49 bits per heavy atom. The Bertz CT molecular complexity index is 1500. The average molecular weight is 578 g/mol. The van der Waals surface area contributed by atoms with Crippen LogP contribution in [0.1, 0.15) is 50.5 Å². The lowest BCUT2D eigenvalue weighted by Crippen LogP contribution is -2.50. The maximum atomic E-state index is 12.9. The van der Waals surface area contributed by atoms with Crippen LogP contribution in [0.5, 0.6) is 5.75 Å². The summed E-state index contributed by atoms with van der Waals surface area (Å²) in [7, 11) is 18.2. The minimum absolute atomic E-state index is 0.00989. The van der Waals surface area contributed by atoms with Gasteiger partial charge in [-0.3, -0.25) is 19.1 Å². The number of nitrogens with one attached hydrogen (secondary N) is 4. The van der Waals surface area contributed by atoms with Crippen molar-refractivity contribution < 1.29 is 19.1 Å². The van der Waals surface area contributed by atoms with Gasteiger partial charge in [-0.15, -0.1) is 10.2 Å². The van der Waals surface area contributed by atoms with E-state index in [2.05, 4.69) is 36.6 Å². The second-order valence-corrected chi connectivity index (χ2v) is 11.7. The quantitative estimate of drug-likeness (QED) is 0.238. The van der Waals surface area contributed by atoms with Crippen LogP contribution < -0.4 is 26.0 Å². The van der Waals surface area contributed by atoms with Crippen molar-refractivity contribution in [3.8, 4) is 16.9 Å². The van der Waals surface area contributed by atoms with Crippen molar-refractivity contribution in [1.82, 2.24) is 30.6 Å². The Morgan fingerprint density at radius 2 is 1.84 bits per heavy atom. The lowest BCUT2D eigenvalue weighted by atomic mass is 9.49. The topological polar surface area (TPSA) is 152 Å². The molecule has 0 bridgehead atoms. The monoisotopic (exact) mass is 578 g/mol. The first kappa shape index (κ1) is 31.6. The van der Waals surface area contributed by atoms with Crippen molar-refractivity contribution in [2.45, 2.75) is 51.8 Å². The van der Waals surface area contributed by atoms with Gasteiger partial charge in [-0.05, 0) is 24.3 Å². The summed E-state index contributed by atoms with van der Waals surface area (Å²) in [4.78, 5) is 37.4. The van der Waals surface area contributed by atoms with E-state index >= 15 is 0 Å². The standard InChI is InChI=1S/C28H33B3N8O4/c1-27(2,3)13-22(40)32-10-11-39-15-17(14-33-39)18-6-5-7-19(24(18)43-4)34-20-12-21(35-25(41)16-8-9-16)37-38-23(20)26(42)36-28(29,30)31/h5-7,12,14-16H,8-11,13H2,1-4H3,(H,32,40)(H,36,42)(H2,34,35,37,41). The number of aromatic nitrogens is 4. The molecule has 1 aliphatic rings. The van der Waals surface area contributed by atoms with Crippen LogP contribution in [0.25, 0.3) is 11.1 Å². The molecule has 0 spiro atoms. The molecule has 15 heteroatoms. The molecule has 12 nitrogen and oxygen atoms in total. The Balaban J connectivity index is 1.57. The molecule has 0 aliphatic heterocycles. The molecule has 1 saturated carbocycles. The molecule has 43 heavy (non-hydrogen) atoms. The van der Waals surface area contributed by atoms with Crippen LogP contribution in [0.3, 0.4) is 0 Å². The molecule has 218 valence electrons. The fourth-order valence-corrected chi connectivity index (χ4v) is 4.25. The van der Waals surface area contributed by atoms with Crippen LogP contribution in [0.4, 0.5) is 17.2 Å². The zero-order chi connectivity index (χ0) is 31.4. The number of anilines is 3. The number of hydrogen-bond donors (Lipinski definition) is 4. The van der Waals surface area contributed by atoms with Crippen LogP contribution in [0.2, 0.25) is 0 Å². The zero-order valence-corrected chi connectivity index (χ0v) is 24.7. The van der Waals surface area contributed by atoms with Gasteiger partial charge in [-0.2, -0.15) is 5.10 Å². The highest BCUT2D eigenvalue weighted by atomic mass is 16.5. The molecule has 2 heterocycles. The Kier molecular flexibility index (Phi) is 9.51. The first-order valence-corrected chi connectivity index (χ1v) is 13.8. The molecular formula is C28H33B3N8O4. The number of para-hydroxylation sites is 1. The van der Waals surface area contributed by atoms with E-state index < -0.39 is 11.1 Å². The fourth-order valence-electron chi connectivity index (χ4n) is 4.25. The third kappa shape index (κ3) is 9.10. The van der Waals surface area contributed by atoms with E-state index in [1.54, 1.807) is 23.0 Å². The lowest BCUT2D eigenvalue weighted by molar-refractivity contribution is -0.122. The summed E-state index contributed by atoms with van der Waals surface area (Å²) in [5.41, 5.74) is 1.91. The van der Waals surface area contributed by atoms with E-state index in [-0.39, 0.29) is 40.3 Å². The summed E-state index contributed by atoms with van der Waals surface area (Å²) in [6.07, 6.45) is 5.59. The van der Waals surface area contributed by atoms with Crippen LogP contribution in [0.15, 0.2) is 36.7 Å². The number of benzene rings is 1. The van der Waals surface area contributed by atoms with Gasteiger partial charge in [-0.1, -0.05) is 38.1 Å². The van der Waals surface area contributed by atoms with E-state index in [4.69, 9.17) is 28.3 Å². The number of nitrogens with zero attached hydrogens (tertiary/aromatic N) is 4. The van der Waals surface area contributed by atoms with Crippen molar-refractivity contribution in [3.63, 3.8) is 0 Å². The van der Waals surface area contributed by atoms with Gasteiger partial charge in [0.2, 0.25) is 11.8 Å². The minimum atomic E-state index is -2.00. The van der Waals surface area contributed by atoms with Crippen molar-refractivity contribution in [3.05, 3.63) is 42.4 Å². The van der Waals surface area contributed by atoms with E-state index in [1.807, 2.05) is 33.0 Å². The Labute approximate surface area is 254 Å². The number of hydrogen-bond acceptors (Lipinski definition) is 8. The molecule has 1 aromatic carbocycles. The van der Waals surface area contributed by atoms with E-state index in [9.17, 15) is 14.4 Å². The maximum Gasteiger partial charge on any atom is 0.272 e. The van der Waals surface area contributed by atoms with Gasteiger partial charge >= 0.3 is 0 Å². The predicted octanol–water partition coefficient (Wildman–Crippen LogP) is 1.84. The third-order valence-electron chi connectivity index (χ3n) is 6.33. The second-order valence-electron chi connectivity index (χ2n) is 11.7. The van der Waals surface area contributed by atoms with Crippen molar-refractivity contribution in [2.24, 2.45) is 11.3 Å². The van der Waals surface area contributed by atoms with Gasteiger partial charge in [0.1, 0.15) is 5.75 Å². The normalized spacial score (nSPS) is 13.2. The highest BCUT2D eigenvalue weighted by Gasteiger charge is 2.30. The fraction of sp³-hybridized carbons (Fsp3) is 0.429. The SMILES string of the molecule is [B]C([B])([B])NC(=O)c1nnc(NC(=O)C2CC2)cc1Nc1cccc(-c2cnn(CCNC(=O)CC(C)(C)C)c2)c1OC. The number of amides is 3. The number of methoxy groups -OCH3 is 1. The summed E-state index contributed by atoms with van der Waals surface area (Å²) in [5.74, 6) is -0.420. The lowest BCUT2D eigenvalue weighted by Gasteiger charge is -2.23. The summed E-state index contributed by atoms with van der Waals surface area (Å²) < 4.78 is 7.50. The molecule has 3 aromatic rings. The van der Waals surface area contributed by atoms with Gasteiger partial charge in [0.25, 0.3) is 5.91 Å². The smallest absolute Gasteiger partial charge is 0.272 e. The predicted molar refractivity (Wildman–Crippen MR) is 165 cm³/mol. The largest absolute Gasteiger partial charge is 0.494 e. The number of rotatable bonds is 12. The summed E-state index contributed by atoms with van der Waals surface area (Å²) in [6, 6.07) is 6.90. The number of ether oxygens (including phenoxy) is 1. The van der Waals surface area contributed by atoms with Gasteiger partial charge < -0.3 is 26.0 Å². The van der Waals surface area contributed by atoms with E-state index in [0.29, 0.717) is 30.9 Å². The molecule has 0 atom stereocenters. The molecule has 2 aromatic heterocycles. The Morgan fingerprint density at radius 1 is 1.09 bits per heavy atom. The van der Waals surface area contributed by atoms with Crippen molar-refractivity contribution >= 4 is 58.5 Å². The summed E-state index contributed by atoms with van der Waals surface area (Å²) in [5, 5.41) is 21.5. The van der Waals surface area contributed by atoms with Gasteiger partial charge in [-0.25, -0.2) is 0 Å². The minimum Gasteiger partial charge on any atom is -0.494 e. The molecule has 0 unspecified atom stereocenters. The van der Waals surface area contributed by atoms with Crippen molar-refractivity contribution in [2.75, 3.05) is 24.3 Å². The molecule has 4 N–H and O–H groups in total. The molecule has 1 fully saturated rings. The molecular weight excluding hydrogens is 545 g/mol. The highest BCUT2D eigenvalue weighted by Crippen LogP contribution is 2.38.